The normalized spacial score (nSPS) is 12.0. The number of rotatable bonds is 10. The van der Waals surface area contributed by atoms with Crippen LogP contribution in [0.1, 0.15) is 44.9 Å². The van der Waals surface area contributed by atoms with Crippen LogP contribution in [-0.4, -0.2) is 33.1 Å². The van der Waals surface area contributed by atoms with Crippen molar-refractivity contribution in [2.24, 2.45) is 0 Å². The molecule has 7 nitrogen and oxygen atoms in total. The smallest absolute Gasteiger partial charge is 0.310 e. The SMILES string of the molecule is O=C(O)CCCCCCC(CC(=O)O)[N+](=O)[O-]. The molecule has 1 unspecified atom stereocenters. The maximum atomic E-state index is 10.5. The number of hydrogen-bond acceptors (Lipinski definition) is 4. The molecular formula is C10H17NO6. The Morgan fingerprint density at radius 2 is 1.65 bits per heavy atom. The van der Waals surface area contributed by atoms with E-state index in [1.54, 1.807) is 0 Å². The molecule has 0 aliphatic carbocycles. The first-order chi connectivity index (χ1) is 7.93. The van der Waals surface area contributed by atoms with Gasteiger partial charge >= 0.3 is 11.9 Å². The van der Waals surface area contributed by atoms with E-state index in [1.165, 1.54) is 0 Å². The molecule has 0 aliphatic rings. The van der Waals surface area contributed by atoms with E-state index < -0.39 is 29.3 Å². The standard InChI is InChI=1S/C10H17NO6/c12-9(13)6-4-2-1-3-5-8(11(16)17)7-10(14)15/h8H,1-7H2,(H,12,13)(H,14,15). The van der Waals surface area contributed by atoms with Gasteiger partial charge in [-0.25, -0.2) is 0 Å². The van der Waals surface area contributed by atoms with Gasteiger partial charge in [-0.1, -0.05) is 12.8 Å². The Balaban J connectivity index is 3.65. The number of nitro groups is 1. The third-order valence-electron chi connectivity index (χ3n) is 2.39. The topological polar surface area (TPSA) is 118 Å². The average molecular weight is 247 g/mol. The van der Waals surface area contributed by atoms with Crippen LogP contribution in [0.25, 0.3) is 0 Å². The van der Waals surface area contributed by atoms with Crippen LogP contribution in [0.4, 0.5) is 0 Å². The summed E-state index contributed by atoms with van der Waals surface area (Å²) in [6.45, 7) is 0. The zero-order chi connectivity index (χ0) is 13.3. The third kappa shape index (κ3) is 9.28. The second-order valence-electron chi connectivity index (χ2n) is 3.88. The fourth-order valence-electron chi connectivity index (χ4n) is 1.49. The monoisotopic (exact) mass is 247 g/mol. The molecule has 0 aromatic carbocycles. The lowest BCUT2D eigenvalue weighted by Crippen LogP contribution is -2.22. The summed E-state index contributed by atoms with van der Waals surface area (Å²) >= 11 is 0. The Hall–Kier alpha value is -1.66. The minimum atomic E-state index is -1.17. The molecule has 0 rings (SSSR count). The lowest BCUT2D eigenvalue weighted by Gasteiger charge is -2.06. The number of unbranched alkanes of at least 4 members (excludes halogenated alkanes) is 3. The summed E-state index contributed by atoms with van der Waals surface area (Å²) in [5.74, 6) is -2.02. The van der Waals surface area contributed by atoms with Crippen LogP contribution in [0.5, 0.6) is 0 Å². The quantitative estimate of drug-likeness (QED) is 0.343. The van der Waals surface area contributed by atoms with Gasteiger partial charge in [-0.05, 0) is 12.8 Å². The van der Waals surface area contributed by atoms with Gasteiger partial charge in [-0.15, -0.1) is 0 Å². The number of carbonyl (C=O) groups is 2. The largest absolute Gasteiger partial charge is 0.481 e. The van der Waals surface area contributed by atoms with E-state index in [2.05, 4.69) is 0 Å². The number of carboxylic acid groups (broad SMARTS) is 2. The number of aliphatic carboxylic acids is 2. The molecule has 17 heavy (non-hydrogen) atoms. The molecule has 0 radical (unpaired) electrons. The van der Waals surface area contributed by atoms with Crippen molar-refractivity contribution in [3.63, 3.8) is 0 Å². The fraction of sp³-hybridized carbons (Fsp3) is 0.800. The van der Waals surface area contributed by atoms with Crippen molar-refractivity contribution in [3.8, 4) is 0 Å². The van der Waals surface area contributed by atoms with Gasteiger partial charge in [0, 0.05) is 17.8 Å². The summed E-state index contributed by atoms with van der Waals surface area (Å²) < 4.78 is 0. The molecule has 2 N–H and O–H groups in total. The zero-order valence-corrected chi connectivity index (χ0v) is 9.50. The molecule has 1 atom stereocenters. The Morgan fingerprint density at radius 1 is 1.06 bits per heavy atom. The summed E-state index contributed by atoms with van der Waals surface area (Å²) in [6.07, 6.45) is 2.37. The van der Waals surface area contributed by atoms with Crippen LogP contribution >= 0.6 is 0 Å². The fourth-order valence-corrected chi connectivity index (χ4v) is 1.49. The van der Waals surface area contributed by atoms with Crippen molar-refractivity contribution < 1.29 is 24.7 Å². The number of nitrogens with zero attached hydrogens (tertiary/aromatic N) is 1. The second-order valence-corrected chi connectivity index (χ2v) is 3.88. The molecule has 0 saturated carbocycles. The summed E-state index contributed by atoms with van der Waals surface area (Å²) in [4.78, 5) is 30.5. The van der Waals surface area contributed by atoms with Crippen molar-refractivity contribution in [3.05, 3.63) is 10.1 Å². The van der Waals surface area contributed by atoms with Crippen LogP contribution in [0.15, 0.2) is 0 Å². The van der Waals surface area contributed by atoms with Crippen LogP contribution < -0.4 is 0 Å². The minimum absolute atomic E-state index is 0.105. The first-order valence-corrected chi connectivity index (χ1v) is 5.50. The third-order valence-corrected chi connectivity index (χ3v) is 2.39. The molecule has 0 aromatic heterocycles. The Bertz CT molecular complexity index is 278. The summed E-state index contributed by atoms with van der Waals surface area (Å²) in [5.41, 5.74) is 0. The van der Waals surface area contributed by atoms with Crippen molar-refractivity contribution in [2.75, 3.05) is 0 Å². The minimum Gasteiger partial charge on any atom is -0.481 e. The molecule has 7 heteroatoms. The summed E-state index contributed by atoms with van der Waals surface area (Å²) in [5, 5.41) is 27.3. The molecular weight excluding hydrogens is 230 g/mol. The Morgan fingerprint density at radius 3 is 2.12 bits per heavy atom. The van der Waals surface area contributed by atoms with Gasteiger partial charge in [0.15, 0.2) is 0 Å². The van der Waals surface area contributed by atoms with Gasteiger partial charge < -0.3 is 10.2 Å². The highest BCUT2D eigenvalue weighted by Crippen LogP contribution is 2.11. The van der Waals surface area contributed by atoms with Crippen molar-refractivity contribution in [2.45, 2.75) is 51.0 Å². The van der Waals surface area contributed by atoms with Crippen LogP contribution in [-0.2, 0) is 9.59 Å². The van der Waals surface area contributed by atoms with Crippen LogP contribution in [0.2, 0.25) is 0 Å². The van der Waals surface area contributed by atoms with E-state index in [0.717, 1.165) is 0 Å². The Labute approximate surface area is 98.6 Å². The number of hydrogen-bond donors (Lipinski definition) is 2. The predicted octanol–water partition coefficient (Wildman–Crippen LogP) is 1.53. The van der Waals surface area contributed by atoms with Gasteiger partial charge in [0.1, 0.15) is 6.42 Å². The predicted molar refractivity (Wildman–Crippen MR) is 58.4 cm³/mol. The van der Waals surface area contributed by atoms with Gasteiger partial charge in [-0.3, -0.25) is 19.7 Å². The van der Waals surface area contributed by atoms with Crippen molar-refractivity contribution in [1.82, 2.24) is 0 Å². The van der Waals surface area contributed by atoms with Gasteiger partial charge in [-0.2, -0.15) is 0 Å². The van der Waals surface area contributed by atoms with Gasteiger partial charge in [0.25, 0.3) is 0 Å². The van der Waals surface area contributed by atoms with Gasteiger partial charge in [0.2, 0.25) is 6.04 Å². The first-order valence-electron chi connectivity index (χ1n) is 5.50. The van der Waals surface area contributed by atoms with Crippen LogP contribution in [0.3, 0.4) is 0 Å². The van der Waals surface area contributed by atoms with E-state index in [4.69, 9.17) is 10.2 Å². The molecule has 0 aromatic rings. The maximum absolute atomic E-state index is 10.5. The average Bonchev–Trinajstić information content (AvgIpc) is 2.20. The molecule has 0 fully saturated rings. The van der Waals surface area contributed by atoms with E-state index >= 15 is 0 Å². The van der Waals surface area contributed by atoms with Crippen molar-refractivity contribution >= 4 is 11.9 Å². The van der Waals surface area contributed by atoms with E-state index in [1.807, 2.05) is 0 Å². The summed E-state index contributed by atoms with van der Waals surface area (Å²) in [7, 11) is 0. The summed E-state index contributed by atoms with van der Waals surface area (Å²) in [6, 6.07) is -1.04. The lowest BCUT2D eigenvalue weighted by atomic mass is 10.0. The lowest BCUT2D eigenvalue weighted by molar-refractivity contribution is -0.522. The molecule has 0 saturated heterocycles. The molecule has 0 heterocycles. The molecule has 98 valence electrons. The molecule has 0 spiro atoms. The van der Waals surface area contributed by atoms with E-state index in [-0.39, 0.29) is 12.8 Å². The molecule has 0 bridgehead atoms. The Kier molecular flexibility index (Phi) is 7.66. The zero-order valence-electron chi connectivity index (χ0n) is 9.50. The van der Waals surface area contributed by atoms with Crippen LogP contribution in [0, 0.1) is 10.1 Å². The van der Waals surface area contributed by atoms with Gasteiger partial charge in [0.05, 0.1) is 0 Å². The highest BCUT2D eigenvalue weighted by atomic mass is 16.6. The van der Waals surface area contributed by atoms with E-state index in [9.17, 15) is 19.7 Å². The molecule has 0 aliphatic heterocycles. The number of carboxylic acids is 2. The van der Waals surface area contributed by atoms with E-state index in [0.29, 0.717) is 25.7 Å². The first kappa shape index (κ1) is 15.3. The highest BCUT2D eigenvalue weighted by Gasteiger charge is 2.22. The highest BCUT2D eigenvalue weighted by molar-refractivity contribution is 5.67. The van der Waals surface area contributed by atoms with Crippen molar-refractivity contribution in [1.29, 1.82) is 0 Å². The maximum Gasteiger partial charge on any atom is 0.310 e. The second kappa shape index (κ2) is 8.49. The molecule has 0 amide bonds.